The quantitative estimate of drug-likeness (QED) is 0.283. The standard InChI is InChI=1S/C23H20BrF3N8O2/c1-11-7-13-16(9-34(11)20(36)12-3-4-15(24)14(8-12)23(25,26)27)30-22(32-28)35(21(13)37)18-6-5-17-19(31-18)29-10-33(17)2/h3-6,8,10-11H,7,9,28H2,1-2H3,(H,30,32)/t11-/m1/s1. The minimum absolute atomic E-state index is 0.00326. The summed E-state index contributed by atoms with van der Waals surface area (Å²) in [4.78, 5) is 41.3. The molecule has 0 saturated carbocycles. The molecular weight excluding hydrogens is 557 g/mol. The Balaban J connectivity index is 1.54. The van der Waals surface area contributed by atoms with E-state index < -0.39 is 29.2 Å². The van der Waals surface area contributed by atoms with Gasteiger partial charge in [0.05, 0.1) is 29.6 Å². The third-order valence-electron chi connectivity index (χ3n) is 6.32. The third-order valence-corrected chi connectivity index (χ3v) is 7.02. The highest BCUT2D eigenvalue weighted by Crippen LogP contribution is 2.36. The fourth-order valence-electron chi connectivity index (χ4n) is 4.41. The molecule has 14 heteroatoms. The number of imidazole rings is 1. The van der Waals surface area contributed by atoms with Gasteiger partial charge >= 0.3 is 6.18 Å². The van der Waals surface area contributed by atoms with Gasteiger partial charge in [0.2, 0.25) is 5.95 Å². The zero-order valence-electron chi connectivity index (χ0n) is 19.5. The zero-order chi connectivity index (χ0) is 26.6. The molecule has 4 aromatic rings. The molecule has 0 saturated heterocycles. The van der Waals surface area contributed by atoms with Crippen LogP contribution in [-0.2, 0) is 26.2 Å². The Bertz CT molecular complexity index is 1610. The van der Waals surface area contributed by atoms with Crippen molar-refractivity contribution in [1.82, 2.24) is 29.0 Å². The number of nitrogens with one attached hydrogen (secondary N) is 1. The molecular formula is C23H20BrF3N8O2. The molecule has 0 aliphatic carbocycles. The van der Waals surface area contributed by atoms with Gasteiger partial charge in [0.15, 0.2) is 5.65 Å². The van der Waals surface area contributed by atoms with Crippen LogP contribution in [-0.4, -0.2) is 40.9 Å². The van der Waals surface area contributed by atoms with Gasteiger partial charge in [0.25, 0.3) is 11.5 Å². The van der Waals surface area contributed by atoms with Gasteiger partial charge < -0.3 is 9.47 Å². The number of amides is 1. The van der Waals surface area contributed by atoms with E-state index in [0.717, 1.165) is 11.6 Å². The highest BCUT2D eigenvalue weighted by molar-refractivity contribution is 9.10. The monoisotopic (exact) mass is 576 g/mol. The van der Waals surface area contributed by atoms with Gasteiger partial charge in [-0.25, -0.2) is 25.4 Å². The lowest BCUT2D eigenvalue weighted by atomic mass is 9.98. The minimum atomic E-state index is -4.63. The molecule has 3 aromatic heterocycles. The van der Waals surface area contributed by atoms with Crippen LogP contribution in [0.25, 0.3) is 17.0 Å². The molecule has 4 heterocycles. The van der Waals surface area contributed by atoms with E-state index in [-0.39, 0.29) is 34.8 Å². The van der Waals surface area contributed by atoms with E-state index in [1.54, 1.807) is 30.0 Å². The number of hydrazine groups is 1. The topological polar surface area (TPSA) is 124 Å². The highest BCUT2D eigenvalue weighted by atomic mass is 79.9. The Morgan fingerprint density at radius 2 is 1.97 bits per heavy atom. The number of nitrogens with two attached hydrogens (primary N) is 1. The van der Waals surface area contributed by atoms with Crippen molar-refractivity contribution in [3.8, 4) is 5.82 Å². The molecule has 192 valence electrons. The fraction of sp³-hybridized carbons (Fsp3) is 0.261. The predicted octanol–water partition coefficient (Wildman–Crippen LogP) is 3.17. The van der Waals surface area contributed by atoms with Crippen LogP contribution in [0.5, 0.6) is 0 Å². The molecule has 10 nitrogen and oxygen atoms in total. The Morgan fingerprint density at radius 1 is 1.22 bits per heavy atom. The summed E-state index contributed by atoms with van der Waals surface area (Å²) < 4.78 is 43.0. The van der Waals surface area contributed by atoms with E-state index in [4.69, 9.17) is 5.84 Å². The van der Waals surface area contributed by atoms with E-state index in [0.29, 0.717) is 16.9 Å². The first kappa shape index (κ1) is 24.9. The Labute approximate surface area is 216 Å². The molecule has 0 spiro atoms. The number of carbonyl (C=O) groups excluding carboxylic acids is 1. The molecule has 37 heavy (non-hydrogen) atoms. The Kier molecular flexibility index (Phi) is 6.02. The number of hydrogen-bond acceptors (Lipinski definition) is 7. The van der Waals surface area contributed by atoms with Crippen molar-refractivity contribution in [3.05, 3.63) is 73.9 Å². The maximum atomic E-state index is 13.5. The number of alkyl halides is 3. The molecule has 0 radical (unpaired) electrons. The molecule has 1 atom stereocenters. The number of aromatic nitrogens is 5. The fourth-order valence-corrected chi connectivity index (χ4v) is 4.88. The summed E-state index contributed by atoms with van der Waals surface area (Å²) in [5, 5.41) is 0. The number of pyridine rings is 1. The zero-order valence-corrected chi connectivity index (χ0v) is 21.1. The molecule has 3 N–H and O–H groups in total. The summed E-state index contributed by atoms with van der Waals surface area (Å²) in [5.41, 5.74) is 2.80. The summed E-state index contributed by atoms with van der Waals surface area (Å²) in [6, 6.07) is 6.26. The van der Waals surface area contributed by atoms with E-state index in [9.17, 15) is 22.8 Å². The van der Waals surface area contributed by atoms with Gasteiger partial charge in [-0.05, 0) is 43.7 Å². The van der Waals surface area contributed by atoms with Gasteiger partial charge in [0, 0.05) is 28.7 Å². The summed E-state index contributed by atoms with van der Waals surface area (Å²) >= 11 is 2.89. The number of hydrogen-bond donors (Lipinski definition) is 2. The van der Waals surface area contributed by atoms with E-state index in [2.05, 4.69) is 36.3 Å². The molecule has 1 aromatic carbocycles. The highest BCUT2D eigenvalue weighted by Gasteiger charge is 2.36. The smallest absolute Gasteiger partial charge is 0.332 e. The van der Waals surface area contributed by atoms with Gasteiger partial charge in [-0.2, -0.15) is 13.2 Å². The van der Waals surface area contributed by atoms with Gasteiger partial charge in [-0.1, -0.05) is 15.9 Å². The largest absolute Gasteiger partial charge is 0.417 e. The van der Waals surface area contributed by atoms with E-state index in [1.807, 2.05) is 7.05 Å². The second-order valence-electron chi connectivity index (χ2n) is 8.69. The molecule has 0 unspecified atom stereocenters. The maximum absolute atomic E-state index is 13.5. The van der Waals surface area contributed by atoms with Crippen molar-refractivity contribution >= 4 is 38.9 Å². The van der Waals surface area contributed by atoms with Crippen LogP contribution in [0.4, 0.5) is 19.1 Å². The molecule has 0 bridgehead atoms. The lowest BCUT2D eigenvalue weighted by Crippen LogP contribution is -2.46. The first-order valence-corrected chi connectivity index (χ1v) is 11.9. The van der Waals surface area contributed by atoms with Crippen LogP contribution in [0.2, 0.25) is 0 Å². The van der Waals surface area contributed by atoms with E-state index >= 15 is 0 Å². The molecule has 5 rings (SSSR count). The summed E-state index contributed by atoms with van der Waals surface area (Å²) in [6.07, 6.45) is -2.88. The van der Waals surface area contributed by atoms with Crippen molar-refractivity contribution in [1.29, 1.82) is 0 Å². The number of carbonyl (C=O) groups is 1. The normalized spacial score (nSPS) is 15.6. The average molecular weight is 577 g/mol. The summed E-state index contributed by atoms with van der Waals surface area (Å²) in [5.74, 6) is 5.34. The van der Waals surface area contributed by atoms with Gasteiger partial charge in [-0.3, -0.25) is 15.0 Å². The Morgan fingerprint density at radius 3 is 2.68 bits per heavy atom. The van der Waals surface area contributed by atoms with Crippen molar-refractivity contribution < 1.29 is 18.0 Å². The number of anilines is 1. The van der Waals surface area contributed by atoms with Crippen LogP contribution >= 0.6 is 15.9 Å². The third kappa shape index (κ3) is 4.25. The summed E-state index contributed by atoms with van der Waals surface area (Å²) in [7, 11) is 1.82. The number of nitrogens with zero attached hydrogens (tertiary/aromatic N) is 6. The average Bonchev–Trinajstić information content (AvgIpc) is 3.23. The van der Waals surface area contributed by atoms with Crippen LogP contribution in [0.1, 0.15) is 34.1 Å². The van der Waals surface area contributed by atoms with Crippen molar-refractivity contribution in [2.24, 2.45) is 12.9 Å². The maximum Gasteiger partial charge on any atom is 0.417 e. The number of benzene rings is 1. The predicted molar refractivity (Wildman–Crippen MR) is 132 cm³/mol. The van der Waals surface area contributed by atoms with Crippen LogP contribution in [0, 0.1) is 0 Å². The minimum Gasteiger partial charge on any atom is -0.332 e. The van der Waals surface area contributed by atoms with Crippen molar-refractivity contribution in [2.75, 3.05) is 5.43 Å². The van der Waals surface area contributed by atoms with Crippen LogP contribution in [0.15, 0.2) is 45.9 Å². The second kappa shape index (κ2) is 8.95. The number of aryl methyl sites for hydroxylation is 1. The number of fused-ring (bicyclic) bond motifs is 2. The molecule has 1 amide bonds. The lowest BCUT2D eigenvalue weighted by molar-refractivity contribution is -0.138. The second-order valence-corrected chi connectivity index (χ2v) is 9.55. The van der Waals surface area contributed by atoms with Gasteiger partial charge in [-0.15, -0.1) is 0 Å². The lowest BCUT2D eigenvalue weighted by Gasteiger charge is -2.34. The molecule has 0 fully saturated rings. The van der Waals surface area contributed by atoms with Crippen molar-refractivity contribution in [2.45, 2.75) is 32.1 Å². The van der Waals surface area contributed by atoms with Crippen LogP contribution in [0.3, 0.4) is 0 Å². The SMILES string of the molecule is C[C@@H]1Cc2c(nc(NN)n(-c3ccc4c(ncn4C)n3)c2=O)CN1C(=O)c1ccc(Br)c(C(F)(F)F)c1. The first-order valence-electron chi connectivity index (χ1n) is 11.1. The molecule has 1 aliphatic heterocycles. The first-order chi connectivity index (χ1) is 17.5. The van der Waals surface area contributed by atoms with Gasteiger partial charge in [0.1, 0.15) is 5.82 Å². The summed E-state index contributed by atoms with van der Waals surface area (Å²) in [6.45, 7) is 1.64. The number of halogens is 4. The van der Waals surface area contributed by atoms with Crippen molar-refractivity contribution in [3.63, 3.8) is 0 Å². The van der Waals surface area contributed by atoms with E-state index in [1.165, 1.54) is 21.6 Å². The number of rotatable bonds is 3. The molecule has 1 aliphatic rings. The van der Waals surface area contributed by atoms with Crippen LogP contribution < -0.4 is 16.8 Å². The number of nitrogen functional groups attached to an aromatic ring is 1. The Hall–Kier alpha value is -3.78.